The molecule has 1 saturated heterocycles. The minimum atomic E-state index is -0.875. The fraction of sp³-hybridized carbons (Fsp3) is 0.214. The molecule has 1 aliphatic rings. The summed E-state index contributed by atoms with van der Waals surface area (Å²) in [5.74, 6) is -0.568. The molecule has 7 heteroatoms. The molecule has 4 rings (SSSR count). The van der Waals surface area contributed by atoms with Gasteiger partial charge >= 0.3 is 0 Å². The minimum absolute atomic E-state index is 0.00455. The molecule has 1 amide bonds. The summed E-state index contributed by atoms with van der Waals surface area (Å²) in [5, 5.41) is 11.7. The van der Waals surface area contributed by atoms with E-state index < -0.39 is 17.7 Å². The van der Waals surface area contributed by atoms with Crippen LogP contribution >= 0.6 is 11.6 Å². The molecular weight excluding hydrogens is 466 g/mol. The quantitative estimate of drug-likeness (QED) is 0.243. The van der Waals surface area contributed by atoms with Crippen molar-refractivity contribution in [2.45, 2.75) is 32.9 Å². The number of ketones is 1. The van der Waals surface area contributed by atoms with E-state index in [0.717, 1.165) is 0 Å². The van der Waals surface area contributed by atoms with Gasteiger partial charge in [0.25, 0.3) is 11.7 Å². The molecule has 1 heterocycles. The largest absolute Gasteiger partial charge is 0.507 e. The zero-order chi connectivity index (χ0) is 25.1. The third-order valence-corrected chi connectivity index (χ3v) is 5.75. The topological polar surface area (TPSA) is 76.1 Å². The van der Waals surface area contributed by atoms with Crippen molar-refractivity contribution in [2.24, 2.45) is 0 Å². The van der Waals surface area contributed by atoms with Gasteiger partial charge in [0.2, 0.25) is 0 Å². The van der Waals surface area contributed by atoms with Crippen molar-refractivity contribution in [1.82, 2.24) is 0 Å². The molecule has 0 aromatic heterocycles. The highest BCUT2D eigenvalue weighted by molar-refractivity contribution is 6.51. The van der Waals surface area contributed by atoms with Crippen molar-refractivity contribution in [2.75, 3.05) is 11.5 Å². The van der Waals surface area contributed by atoms with Crippen LogP contribution in [0.4, 0.5) is 5.69 Å². The lowest BCUT2D eigenvalue weighted by molar-refractivity contribution is -0.132. The lowest BCUT2D eigenvalue weighted by atomic mass is 9.95. The third-order valence-electron chi connectivity index (χ3n) is 5.52. The van der Waals surface area contributed by atoms with Crippen LogP contribution in [0.1, 0.15) is 37.9 Å². The van der Waals surface area contributed by atoms with Crippen LogP contribution in [0.15, 0.2) is 78.4 Å². The van der Waals surface area contributed by atoms with Gasteiger partial charge in [-0.15, -0.1) is 0 Å². The van der Waals surface area contributed by atoms with Crippen LogP contribution in [0.2, 0.25) is 5.02 Å². The van der Waals surface area contributed by atoms with Crippen LogP contribution in [-0.4, -0.2) is 29.5 Å². The van der Waals surface area contributed by atoms with Gasteiger partial charge in [-0.1, -0.05) is 29.8 Å². The molecule has 0 spiro atoms. The summed E-state index contributed by atoms with van der Waals surface area (Å²) in [5.41, 5.74) is 1.46. The van der Waals surface area contributed by atoms with E-state index in [2.05, 4.69) is 0 Å². The second-order valence-corrected chi connectivity index (χ2v) is 8.78. The van der Waals surface area contributed by atoms with Gasteiger partial charge in [-0.05, 0) is 80.9 Å². The summed E-state index contributed by atoms with van der Waals surface area (Å²) in [6.45, 7) is 6.17. The Morgan fingerprint density at radius 1 is 1.00 bits per heavy atom. The van der Waals surface area contributed by atoms with Crippen LogP contribution < -0.4 is 14.4 Å². The number of amides is 1. The summed E-state index contributed by atoms with van der Waals surface area (Å²) in [6.07, 6.45) is -0.00455. The van der Waals surface area contributed by atoms with Gasteiger partial charge in [-0.2, -0.15) is 0 Å². The molecule has 0 aliphatic carbocycles. The van der Waals surface area contributed by atoms with Gasteiger partial charge in [0.05, 0.1) is 24.3 Å². The van der Waals surface area contributed by atoms with E-state index in [9.17, 15) is 14.7 Å². The van der Waals surface area contributed by atoms with E-state index in [1.54, 1.807) is 72.8 Å². The molecule has 1 N–H and O–H groups in total. The average molecular weight is 492 g/mol. The van der Waals surface area contributed by atoms with Crippen molar-refractivity contribution < 1.29 is 24.2 Å². The SMILES string of the molecule is CCOc1cccc(C2/C(=C(\O)c3ccc(OC(C)C)cc3)C(=O)C(=O)N2c2cccc(Cl)c2)c1. The van der Waals surface area contributed by atoms with Crippen molar-refractivity contribution in [3.63, 3.8) is 0 Å². The average Bonchev–Trinajstić information content (AvgIpc) is 3.09. The predicted molar refractivity (Wildman–Crippen MR) is 136 cm³/mol. The predicted octanol–water partition coefficient (Wildman–Crippen LogP) is 6.15. The van der Waals surface area contributed by atoms with Gasteiger partial charge in [-0.25, -0.2) is 0 Å². The van der Waals surface area contributed by atoms with Crippen LogP contribution in [0.3, 0.4) is 0 Å². The summed E-state index contributed by atoms with van der Waals surface area (Å²) < 4.78 is 11.3. The molecule has 1 atom stereocenters. The second kappa shape index (κ2) is 10.2. The van der Waals surface area contributed by atoms with Crippen molar-refractivity contribution in [3.05, 3.63) is 94.5 Å². The number of aliphatic hydroxyl groups excluding tert-OH is 1. The zero-order valence-corrected chi connectivity index (χ0v) is 20.5. The first kappa shape index (κ1) is 24.4. The molecule has 35 heavy (non-hydrogen) atoms. The third kappa shape index (κ3) is 5.03. The first-order chi connectivity index (χ1) is 16.8. The summed E-state index contributed by atoms with van der Waals surface area (Å²) in [4.78, 5) is 27.9. The number of carbonyl (C=O) groups excluding carboxylic acids is 2. The smallest absolute Gasteiger partial charge is 0.300 e. The Labute approximate surface area is 209 Å². The Hall–Kier alpha value is -3.77. The molecule has 180 valence electrons. The Kier molecular flexibility index (Phi) is 7.12. The van der Waals surface area contributed by atoms with Crippen LogP contribution in [-0.2, 0) is 9.59 Å². The van der Waals surface area contributed by atoms with E-state index in [0.29, 0.717) is 39.9 Å². The molecule has 0 radical (unpaired) electrons. The second-order valence-electron chi connectivity index (χ2n) is 8.35. The molecular formula is C28H26ClNO5. The first-order valence-electron chi connectivity index (χ1n) is 11.4. The molecule has 1 unspecified atom stereocenters. The molecule has 1 fully saturated rings. The Morgan fingerprint density at radius 3 is 2.37 bits per heavy atom. The maximum absolute atomic E-state index is 13.3. The highest BCUT2D eigenvalue weighted by atomic mass is 35.5. The minimum Gasteiger partial charge on any atom is -0.507 e. The molecule has 0 saturated carbocycles. The van der Waals surface area contributed by atoms with Gasteiger partial charge in [0.15, 0.2) is 0 Å². The van der Waals surface area contributed by atoms with E-state index >= 15 is 0 Å². The lowest BCUT2D eigenvalue weighted by Crippen LogP contribution is -2.29. The van der Waals surface area contributed by atoms with Crippen molar-refractivity contribution in [3.8, 4) is 11.5 Å². The standard InChI is InChI=1S/C28H26ClNO5/c1-4-34-23-10-5-7-19(15-23)25-24(26(31)18-11-13-22(14-12-18)35-17(2)3)27(32)28(33)30(25)21-9-6-8-20(29)16-21/h5-17,25,31H,4H2,1-3H3/b26-24+. The number of hydrogen-bond acceptors (Lipinski definition) is 5. The van der Waals surface area contributed by atoms with Crippen molar-refractivity contribution >= 4 is 34.7 Å². The number of Topliss-reactive ketones (excluding diaryl/α,β-unsaturated/α-hetero) is 1. The number of benzene rings is 3. The summed E-state index contributed by atoms with van der Waals surface area (Å²) in [6, 6.07) is 19.7. The summed E-state index contributed by atoms with van der Waals surface area (Å²) >= 11 is 6.20. The normalized spacial score (nSPS) is 17.2. The number of aliphatic hydroxyl groups is 1. The van der Waals surface area contributed by atoms with E-state index in [1.165, 1.54) is 4.90 Å². The molecule has 3 aromatic rings. The highest BCUT2D eigenvalue weighted by Gasteiger charge is 2.47. The fourth-order valence-electron chi connectivity index (χ4n) is 4.10. The van der Waals surface area contributed by atoms with E-state index in [4.69, 9.17) is 21.1 Å². The Morgan fingerprint density at radius 2 is 1.71 bits per heavy atom. The van der Waals surface area contributed by atoms with Crippen molar-refractivity contribution in [1.29, 1.82) is 0 Å². The molecule has 1 aliphatic heterocycles. The van der Waals surface area contributed by atoms with Gasteiger partial charge in [0.1, 0.15) is 17.3 Å². The Balaban J connectivity index is 1.88. The Bertz CT molecular complexity index is 1280. The molecule has 0 bridgehead atoms. The molecule has 6 nitrogen and oxygen atoms in total. The zero-order valence-electron chi connectivity index (χ0n) is 19.7. The number of carbonyl (C=O) groups is 2. The number of hydrogen-bond donors (Lipinski definition) is 1. The number of nitrogens with zero attached hydrogens (tertiary/aromatic N) is 1. The lowest BCUT2D eigenvalue weighted by Gasteiger charge is -2.26. The van der Waals surface area contributed by atoms with Crippen LogP contribution in [0.25, 0.3) is 5.76 Å². The maximum atomic E-state index is 13.3. The van der Waals surface area contributed by atoms with Crippen LogP contribution in [0, 0.1) is 0 Å². The monoisotopic (exact) mass is 491 g/mol. The fourth-order valence-corrected chi connectivity index (χ4v) is 4.28. The van der Waals surface area contributed by atoms with Gasteiger partial charge < -0.3 is 14.6 Å². The number of anilines is 1. The highest BCUT2D eigenvalue weighted by Crippen LogP contribution is 2.43. The molecule has 3 aromatic carbocycles. The summed E-state index contributed by atoms with van der Waals surface area (Å²) in [7, 11) is 0. The number of halogens is 1. The van der Waals surface area contributed by atoms with Crippen LogP contribution in [0.5, 0.6) is 11.5 Å². The first-order valence-corrected chi connectivity index (χ1v) is 11.7. The van der Waals surface area contributed by atoms with Gasteiger partial charge in [-0.3, -0.25) is 14.5 Å². The van der Waals surface area contributed by atoms with E-state index in [-0.39, 0.29) is 17.4 Å². The van der Waals surface area contributed by atoms with E-state index in [1.807, 2.05) is 20.8 Å². The number of ether oxygens (including phenoxy) is 2. The van der Waals surface area contributed by atoms with Gasteiger partial charge in [0, 0.05) is 16.3 Å². The maximum Gasteiger partial charge on any atom is 0.300 e. The number of rotatable bonds is 7.